The van der Waals surface area contributed by atoms with E-state index in [2.05, 4.69) is 5.32 Å². The van der Waals surface area contributed by atoms with Crippen molar-refractivity contribution in [1.29, 1.82) is 0 Å². The standard InChI is InChI=1S/C28H30N2O5/c1-19-12-14-21(15-13-19)25(20-8-5-4-6-9-20)35-18-23(31)17-30-26(32)28(2,29-27(30)33)22-10-7-11-24(16-22)34-3/h4-16,23,25,31H,17-18H2,1-3H3,(H,29,33)/t23-,25+,28+/m1/s1. The van der Waals surface area contributed by atoms with E-state index in [1.165, 1.54) is 0 Å². The Hall–Kier alpha value is -3.68. The van der Waals surface area contributed by atoms with E-state index in [9.17, 15) is 14.7 Å². The lowest BCUT2D eigenvalue weighted by Gasteiger charge is -2.24. The Morgan fingerprint density at radius 3 is 2.34 bits per heavy atom. The Kier molecular flexibility index (Phi) is 7.19. The first-order valence-electron chi connectivity index (χ1n) is 11.5. The van der Waals surface area contributed by atoms with Gasteiger partial charge in [0, 0.05) is 0 Å². The minimum atomic E-state index is -1.25. The largest absolute Gasteiger partial charge is 0.497 e. The number of ether oxygens (including phenoxy) is 2. The van der Waals surface area contributed by atoms with Gasteiger partial charge in [0.1, 0.15) is 17.4 Å². The topological polar surface area (TPSA) is 88.1 Å². The summed E-state index contributed by atoms with van der Waals surface area (Å²) in [6.45, 7) is 3.43. The van der Waals surface area contributed by atoms with E-state index in [1.807, 2.05) is 61.5 Å². The number of aliphatic hydroxyl groups is 1. The van der Waals surface area contributed by atoms with Crippen LogP contribution in [-0.2, 0) is 15.1 Å². The quantitative estimate of drug-likeness (QED) is 0.459. The van der Waals surface area contributed by atoms with Crippen LogP contribution in [0.1, 0.15) is 35.3 Å². The molecule has 2 N–H and O–H groups in total. The van der Waals surface area contributed by atoms with Crippen LogP contribution in [0, 0.1) is 6.92 Å². The molecule has 0 radical (unpaired) electrons. The zero-order chi connectivity index (χ0) is 25.0. The van der Waals surface area contributed by atoms with Gasteiger partial charge in [0.25, 0.3) is 5.91 Å². The van der Waals surface area contributed by atoms with Crippen LogP contribution in [0.5, 0.6) is 5.75 Å². The Labute approximate surface area is 205 Å². The predicted octanol–water partition coefficient (Wildman–Crippen LogP) is 3.94. The maximum atomic E-state index is 13.2. The summed E-state index contributed by atoms with van der Waals surface area (Å²) in [7, 11) is 1.54. The minimum Gasteiger partial charge on any atom is -0.497 e. The number of carbonyl (C=O) groups is 2. The van der Waals surface area contributed by atoms with Crippen molar-refractivity contribution >= 4 is 11.9 Å². The van der Waals surface area contributed by atoms with Crippen molar-refractivity contribution in [2.24, 2.45) is 0 Å². The fourth-order valence-corrected chi connectivity index (χ4v) is 4.22. The second kappa shape index (κ2) is 10.3. The molecular weight excluding hydrogens is 444 g/mol. The Bertz CT molecular complexity index is 1180. The Morgan fingerprint density at radius 2 is 1.66 bits per heavy atom. The van der Waals surface area contributed by atoms with Gasteiger partial charge in [-0.2, -0.15) is 0 Å². The molecule has 1 aliphatic rings. The average molecular weight is 475 g/mol. The number of rotatable bonds is 9. The summed E-state index contributed by atoms with van der Waals surface area (Å²) in [4.78, 5) is 27.0. The first-order valence-corrected chi connectivity index (χ1v) is 11.5. The van der Waals surface area contributed by atoms with E-state index in [-0.39, 0.29) is 13.2 Å². The third-order valence-corrected chi connectivity index (χ3v) is 6.25. The summed E-state index contributed by atoms with van der Waals surface area (Å²) >= 11 is 0. The second-order valence-corrected chi connectivity index (χ2v) is 8.89. The number of methoxy groups -OCH3 is 1. The van der Waals surface area contributed by atoms with Crippen LogP contribution in [0.2, 0.25) is 0 Å². The van der Waals surface area contributed by atoms with Crippen LogP contribution < -0.4 is 10.1 Å². The lowest BCUT2D eigenvalue weighted by atomic mass is 9.92. The van der Waals surface area contributed by atoms with Gasteiger partial charge in [-0.3, -0.25) is 9.69 Å². The second-order valence-electron chi connectivity index (χ2n) is 8.89. The highest BCUT2D eigenvalue weighted by Crippen LogP contribution is 2.31. The number of amides is 3. The SMILES string of the molecule is COc1cccc([C@]2(C)NC(=O)N(C[C@@H](O)CO[C@@H](c3ccccc3)c3ccc(C)cc3)C2=O)c1. The zero-order valence-corrected chi connectivity index (χ0v) is 20.1. The maximum Gasteiger partial charge on any atom is 0.325 e. The van der Waals surface area contributed by atoms with E-state index in [0.29, 0.717) is 11.3 Å². The molecule has 1 fully saturated rings. The highest BCUT2D eigenvalue weighted by molar-refractivity contribution is 6.07. The van der Waals surface area contributed by atoms with Crippen LogP contribution in [-0.4, -0.2) is 48.3 Å². The van der Waals surface area contributed by atoms with E-state index >= 15 is 0 Å². The molecule has 3 aromatic rings. The highest BCUT2D eigenvalue weighted by atomic mass is 16.5. The highest BCUT2D eigenvalue weighted by Gasteiger charge is 2.49. The maximum absolute atomic E-state index is 13.2. The fourth-order valence-electron chi connectivity index (χ4n) is 4.22. The van der Waals surface area contributed by atoms with Crippen LogP contribution in [0.15, 0.2) is 78.9 Å². The van der Waals surface area contributed by atoms with Crippen molar-refractivity contribution in [2.75, 3.05) is 20.3 Å². The molecule has 1 heterocycles. The first-order chi connectivity index (χ1) is 16.8. The van der Waals surface area contributed by atoms with Crippen LogP contribution >= 0.6 is 0 Å². The lowest BCUT2D eigenvalue weighted by Crippen LogP contribution is -2.42. The third-order valence-electron chi connectivity index (χ3n) is 6.25. The van der Waals surface area contributed by atoms with Crippen molar-refractivity contribution in [2.45, 2.75) is 31.6 Å². The number of carbonyl (C=O) groups excluding carboxylic acids is 2. The van der Waals surface area contributed by atoms with Crippen molar-refractivity contribution in [3.05, 3.63) is 101 Å². The zero-order valence-electron chi connectivity index (χ0n) is 20.1. The number of nitrogens with one attached hydrogen (secondary N) is 1. The molecule has 1 aliphatic heterocycles. The molecule has 7 nitrogen and oxygen atoms in total. The summed E-state index contributed by atoms with van der Waals surface area (Å²) in [6, 6.07) is 24.2. The van der Waals surface area contributed by atoms with Gasteiger partial charge < -0.3 is 19.9 Å². The molecule has 182 valence electrons. The Morgan fingerprint density at radius 1 is 0.971 bits per heavy atom. The number of β-amino-alcohol motifs (C(OH)–C–C–N with tert-alkyl or cyclic N) is 1. The van der Waals surface area contributed by atoms with Gasteiger partial charge >= 0.3 is 6.03 Å². The van der Waals surface area contributed by atoms with E-state index in [1.54, 1.807) is 38.3 Å². The van der Waals surface area contributed by atoms with Crippen molar-refractivity contribution < 1.29 is 24.2 Å². The van der Waals surface area contributed by atoms with Crippen LogP contribution in [0.4, 0.5) is 4.79 Å². The number of benzene rings is 3. The number of imide groups is 1. The smallest absolute Gasteiger partial charge is 0.325 e. The fraction of sp³-hybridized carbons (Fsp3) is 0.286. The number of nitrogens with zero attached hydrogens (tertiary/aromatic N) is 1. The van der Waals surface area contributed by atoms with Gasteiger partial charge in [0.05, 0.1) is 26.4 Å². The molecule has 0 aliphatic carbocycles. The van der Waals surface area contributed by atoms with Gasteiger partial charge in [-0.15, -0.1) is 0 Å². The Balaban J connectivity index is 1.46. The van der Waals surface area contributed by atoms with E-state index < -0.39 is 29.7 Å². The van der Waals surface area contributed by atoms with Crippen molar-refractivity contribution in [3.8, 4) is 5.75 Å². The van der Waals surface area contributed by atoms with E-state index in [0.717, 1.165) is 21.6 Å². The van der Waals surface area contributed by atoms with Gasteiger partial charge in [-0.25, -0.2) is 4.79 Å². The summed E-state index contributed by atoms with van der Waals surface area (Å²) in [6.07, 6.45) is -1.45. The van der Waals surface area contributed by atoms with Gasteiger partial charge in [-0.05, 0) is 42.7 Å². The van der Waals surface area contributed by atoms with Crippen molar-refractivity contribution in [3.63, 3.8) is 0 Å². The molecule has 0 bridgehead atoms. The minimum absolute atomic E-state index is 0.0552. The summed E-state index contributed by atoms with van der Waals surface area (Å²) in [5.41, 5.74) is 2.39. The van der Waals surface area contributed by atoms with Gasteiger partial charge in [0.15, 0.2) is 0 Å². The molecule has 3 aromatic carbocycles. The molecular formula is C28H30N2O5. The summed E-state index contributed by atoms with van der Waals surface area (Å²) in [5, 5.41) is 13.5. The van der Waals surface area contributed by atoms with E-state index in [4.69, 9.17) is 9.47 Å². The van der Waals surface area contributed by atoms with Gasteiger partial charge in [-0.1, -0.05) is 72.3 Å². The molecule has 4 rings (SSSR count). The van der Waals surface area contributed by atoms with Gasteiger partial charge in [0.2, 0.25) is 0 Å². The molecule has 0 unspecified atom stereocenters. The lowest BCUT2D eigenvalue weighted by molar-refractivity contribution is -0.132. The average Bonchev–Trinajstić information content (AvgIpc) is 3.09. The normalized spacial score (nSPS) is 19.4. The molecule has 35 heavy (non-hydrogen) atoms. The number of hydrogen-bond donors (Lipinski definition) is 2. The molecule has 3 amide bonds. The molecule has 7 heteroatoms. The molecule has 0 saturated carbocycles. The number of urea groups is 1. The third kappa shape index (κ3) is 5.21. The predicted molar refractivity (Wildman–Crippen MR) is 132 cm³/mol. The molecule has 0 spiro atoms. The van der Waals surface area contributed by atoms with Crippen LogP contribution in [0.25, 0.3) is 0 Å². The molecule has 0 aromatic heterocycles. The first kappa shape index (κ1) is 24.4. The number of aliphatic hydroxyl groups excluding tert-OH is 1. The molecule has 3 atom stereocenters. The summed E-state index contributed by atoms with van der Waals surface area (Å²) < 4.78 is 11.4. The van der Waals surface area contributed by atoms with Crippen LogP contribution in [0.3, 0.4) is 0 Å². The number of aryl methyl sites for hydroxylation is 1. The number of hydrogen-bond acceptors (Lipinski definition) is 5. The summed E-state index contributed by atoms with van der Waals surface area (Å²) in [5.74, 6) is 0.147. The monoisotopic (exact) mass is 474 g/mol. The van der Waals surface area contributed by atoms with Crippen molar-refractivity contribution in [1.82, 2.24) is 10.2 Å². The molecule has 1 saturated heterocycles.